The fourth-order valence-electron chi connectivity index (χ4n) is 3.46. The monoisotopic (exact) mass is 546 g/mol. The van der Waals surface area contributed by atoms with E-state index in [4.69, 9.17) is 0 Å². The second-order valence-electron chi connectivity index (χ2n) is 7.17. The van der Waals surface area contributed by atoms with Crippen molar-refractivity contribution in [1.29, 1.82) is 0 Å². The topological polar surface area (TPSA) is 55.8 Å². The molecule has 3 rings (SSSR count). The van der Waals surface area contributed by atoms with Gasteiger partial charge in [-0.05, 0) is 31.2 Å². The molecular weight excluding hydrogens is 514 g/mol. The molecule has 0 bridgehead atoms. The van der Waals surface area contributed by atoms with Crippen LogP contribution in [0, 0.1) is 12.7 Å². The summed E-state index contributed by atoms with van der Waals surface area (Å²) in [5.41, 5.74) is 2.69. The number of benzene rings is 1. The van der Waals surface area contributed by atoms with Crippen LogP contribution >= 0.6 is 35.3 Å². The molecule has 0 radical (unpaired) electrons. The maximum absolute atomic E-state index is 14.7. The number of halogens is 2. The quantitative estimate of drug-likeness (QED) is 0.318. The Balaban J connectivity index is 0.00000320. The Morgan fingerprint density at radius 3 is 2.60 bits per heavy atom. The van der Waals surface area contributed by atoms with E-state index in [1.807, 2.05) is 19.1 Å². The van der Waals surface area contributed by atoms with E-state index in [1.54, 1.807) is 24.5 Å². The first-order valence-electron chi connectivity index (χ1n) is 10.2. The van der Waals surface area contributed by atoms with Gasteiger partial charge in [0.05, 0.1) is 16.4 Å². The summed E-state index contributed by atoms with van der Waals surface area (Å²) in [6.07, 6.45) is 0.847. The van der Waals surface area contributed by atoms with Gasteiger partial charge in [-0.2, -0.15) is 0 Å². The van der Waals surface area contributed by atoms with Crippen LogP contribution in [-0.2, 0) is 13.0 Å². The van der Waals surface area contributed by atoms with Crippen molar-refractivity contribution < 1.29 is 4.39 Å². The van der Waals surface area contributed by atoms with Crippen molar-refractivity contribution in [1.82, 2.24) is 20.5 Å². The summed E-state index contributed by atoms with van der Waals surface area (Å²) in [4.78, 5) is 13.2. The molecule has 2 N–H and O–H groups in total. The number of likely N-dealkylation sites (N-methyl/N-ethyl adjacent to an activating group) is 1. The molecule has 9 heteroatoms. The van der Waals surface area contributed by atoms with Gasteiger partial charge in [-0.1, -0.05) is 13.0 Å². The van der Waals surface area contributed by atoms with Gasteiger partial charge in [0.1, 0.15) is 5.82 Å². The van der Waals surface area contributed by atoms with Crippen molar-refractivity contribution in [2.75, 3.05) is 51.2 Å². The number of guanidine groups is 1. The predicted octanol–water partition coefficient (Wildman–Crippen LogP) is 3.26. The Morgan fingerprint density at radius 2 is 2.00 bits per heavy atom. The zero-order chi connectivity index (χ0) is 20.6. The Kier molecular flexibility index (Phi) is 10.3. The average molecular weight is 546 g/mol. The maximum Gasteiger partial charge on any atom is 0.191 e. The minimum absolute atomic E-state index is 0. The number of aliphatic imine (C=N–C) groups is 1. The predicted molar refractivity (Wildman–Crippen MR) is 135 cm³/mol. The van der Waals surface area contributed by atoms with Crippen molar-refractivity contribution in [3.8, 4) is 0 Å². The number of aryl methyl sites for hydroxylation is 1. The smallest absolute Gasteiger partial charge is 0.191 e. The van der Waals surface area contributed by atoms with Gasteiger partial charge in [0.2, 0.25) is 0 Å². The van der Waals surface area contributed by atoms with Crippen LogP contribution in [0.25, 0.3) is 0 Å². The van der Waals surface area contributed by atoms with E-state index < -0.39 is 0 Å². The van der Waals surface area contributed by atoms with Crippen molar-refractivity contribution >= 4 is 47.0 Å². The van der Waals surface area contributed by atoms with Gasteiger partial charge in [-0.15, -0.1) is 35.3 Å². The summed E-state index contributed by atoms with van der Waals surface area (Å²) in [5.74, 6) is 0.549. The van der Waals surface area contributed by atoms with Gasteiger partial charge < -0.3 is 20.4 Å². The molecule has 0 spiro atoms. The lowest BCUT2D eigenvalue weighted by Crippen LogP contribution is -2.46. The van der Waals surface area contributed by atoms with Gasteiger partial charge in [-0.3, -0.25) is 4.99 Å². The molecule has 1 aliphatic rings. The molecule has 1 aromatic carbocycles. The Morgan fingerprint density at radius 1 is 1.23 bits per heavy atom. The van der Waals surface area contributed by atoms with Crippen LogP contribution < -0.4 is 15.5 Å². The number of hydrogen-bond acceptors (Lipinski definition) is 5. The van der Waals surface area contributed by atoms with Crippen molar-refractivity contribution in [2.24, 2.45) is 4.99 Å². The molecule has 0 unspecified atom stereocenters. The third-order valence-corrected chi connectivity index (χ3v) is 6.02. The van der Waals surface area contributed by atoms with Gasteiger partial charge in [0.15, 0.2) is 5.96 Å². The molecular formula is C21H32FIN6S. The van der Waals surface area contributed by atoms with Crippen LogP contribution in [0.4, 0.5) is 10.1 Å². The van der Waals surface area contributed by atoms with Crippen LogP contribution in [0.3, 0.4) is 0 Å². The lowest BCUT2D eigenvalue weighted by atomic mass is 10.1. The molecule has 2 aromatic rings. The van der Waals surface area contributed by atoms with E-state index in [9.17, 15) is 4.39 Å². The van der Waals surface area contributed by atoms with Crippen LogP contribution in [0.5, 0.6) is 0 Å². The van der Waals surface area contributed by atoms with Crippen molar-refractivity contribution in [3.63, 3.8) is 0 Å². The molecule has 166 valence electrons. The Bertz CT molecular complexity index is 820. The first-order valence-corrected chi connectivity index (χ1v) is 11.1. The number of nitrogens with one attached hydrogen (secondary N) is 2. The molecule has 0 aliphatic carbocycles. The summed E-state index contributed by atoms with van der Waals surface area (Å²) in [5, 5.41) is 9.70. The lowest BCUT2D eigenvalue weighted by Gasteiger charge is -2.35. The summed E-state index contributed by atoms with van der Waals surface area (Å²) >= 11 is 1.66. The van der Waals surface area contributed by atoms with Crippen LogP contribution in [-0.4, -0.2) is 62.2 Å². The van der Waals surface area contributed by atoms with Gasteiger partial charge in [0, 0.05) is 58.1 Å². The first kappa shape index (κ1) is 24.8. The average Bonchev–Trinajstić information content (AvgIpc) is 3.15. The highest BCUT2D eigenvalue weighted by atomic mass is 127. The summed E-state index contributed by atoms with van der Waals surface area (Å²) in [6.45, 7) is 10.2. The summed E-state index contributed by atoms with van der Waals surface area (Å²) < 4.78 is 14.7. The standard InChI is InChI=1S/C21H31FN6S.HI/c1-4-27-9-11-28(12-10-27)20-6-5-17(13-19(20)22)14-25-21(23-3)24-8-7-18-15-29-16(2)26-18;/h5-6,13,15H,4,7-12,14H2,1-3H3,(H2,23,24,25);1H. The van der Waals surface area contributed by atoms with E-state index >= 15 is 0 Å². The number of aromatic nitrogens is 1. The number of anilines is 1. The fraction of sp³-hybridized carbons (Fsp3) is 0.524. The van der Waals surface area contributed by atoms with Gasteiger partial charge >= 0.3 is 0 Å². The molecule has 0 amide bonds. The van der Waals surface area contributed by atoms with E-state index in [0.29, 0.717) is 18.2 Å². The molecule has 1 fully saturated rings. The van der Waals surface area contributed by atoms with Crippen LogP contribution in [0.15, 0.2) is 28.6 Å². The number of thiazole rings is 1. The molecule has 6 nitrogen and oxygen atoms in total. The summed E-state index contributed by atoms with van der Waals surface area (Å²) in [6, 6.07) is 5.51. The molecule has 30 heavy (non-hydrogen) atoms. The second kappa shape index (κ2) is 12.4. The Hall–Kier alpha value is -1.46. The molecule has 0 saturated carbocycles. The highest BCUT2D eigenvalue weighted by Crippen LogP contribution is 2.22. The number of piperazine rings is 1. The van der Waals surface area contributed by atoms with E-state index in [2.05, 4.69) is 42.7 Å². The third kappa shape index (κ3) is 7.05. The Labute approximate surface area is 200 Å². The second-order valence-corrected chi connectivity index (χ2v) is 8.23. The minimum atomic E-state index is -0.156. The van der Waals surface area contributed by atoms with Crippen LogP contribution in [0.2, 0.25) is 0 Å². The highest BCUT2D eigenvalue weighted by molar-refractivity contribution is 14.0. The van der Waals surface area contributed by atoms with E-state index in [-0.39, 0.29) is 29.8 Å². The van der Waals surface area contributed by atoms with Crippen LogP contribution in [0.1, 0.15) is 23.2 Å². The van der Waals surface area contributed by atoms with Gasteiger partial charge in [0.25, 0.3) is 0 Å². The van der Waals surface area contributed by atoms with Gasteiger partial charge in [-0.25, -0.2) is 9.37 Å². The molecule has 1 saturated heterocycles. The van der Waals surface area contributed by atoms with Crippen molar-refractivity contribution in [3.05, 3.63) is 45.7 Å². The number of hydrogen-bond donors (Lipinski definition) is 2. The zero-order valence-corrected chi connectivity index (χ0v) is 21.1. The fourth-order valence-corrected chi connectivity index (χ4v) is 4.11. The molecule has 1 aromatic heterocycles. The van der Waals surface area contributed by atoms with E-state index in [0.717, 1.165) is 62.0 Å². The zero-order valence-electron chi connectivity index (χ0n) is 17.9. The largest absolute Gasteiger partial charge is 0.367 e. The van der Waals surface area contributed by atoms with E-state index in [1.165, 1.54) is 0 Å². The highest BCUT2D eigenvalue weighted by Gasteiger charge is 2.18. The maximum atomic E-state index is 14.7. The SMILES string of the molecule is CCN1CCN(c2ccc(CNC(=NC)NCCc3csc(C)n3)cc2F)CC1.I. The lowest BCUT2D eigenvalue weighted by molar-refractivity contribution is 0.270. The summed E-state index contributed by atoms with van der Waals surface area (Å²) in [7, 11) is 1.74. The van der Waals surface area contributed by atoms with Crippen molar-refractivity contribution in [2.45, 2.75) is 26.8 Å². The molecule has 2 heterocycles. The normalized spacial score (nSPS) is 15.1. The number of nitrogens with zero attached hydrogens (tertiary/aromatic N) is 4. The molecule has 1 aliphatic heterocycles. The first-order chi connectivity index (χ1) is 14.1. The third-order valence-electron chi connectivity index (χ3n) is 5.20. The minimum Gasteiger partial charge on any atom is -0.367 e. The number of rotatable bonds is 7. The molecule has 0 atom stereocenters.